The van der Waals surface area contributed by atoms with Gasteiger partial charge in [0.1, 0.15) is 0 Å². The number of rotatable bonds is 8. The molecule has 1 atom stereocenters. The van der Waals surface area contributed by atoms with Crippen molar-refractivity contribution >= 4 is 0 Å². The second-order valence-electron chi connectivity index (χ2n) is 6.71. The van der Waals surface area contributed by atoms with Crippen LogP contribution >= 0.6 is 0 Å². The van der Waals surface area contributed by atoms with Crippen LogP contribution in [-0.2, 0) is 4.74 Å². The summed E-state index contributed by atoms with van der Waals surface area (Å²) in [5.41, 5.74) is -0.168. The fourth-order valence-corrected chi connectivity index (χ4v) is 3.22. The number of ether oxygens (including phenoxy) is 1. The van der Waals surface area contributed by atoms with Gasteiger partial charge in [-0.2, -0.15) is 0 Å². The summed E-state index contributed by atoms with van der Waals surface area (Å²) in [6.45, 7) is 6.38. The van der Waals surface area contributed by atoms with Gasteiger partial charge >= 0.3 is 0 Å². The maximum absolute atomic E-state index is 9.84. The lowest BCUT2D eigenvalue weighted by Gasteiger charge is -2.36. The van der Waals surface area contributed by atoms with Crippen LogP contribution in [0.3, 0.4) is 0 Å². The van der Waals surface area contributed by atoms with Gasteiger partial charge in [0.05, 0.1) is 24.9 Å². The molecule has 3 nitrogen and oxygen atoms in total. The van der Waals surface area contributed by atoms with Gasteiger partial charge < -0.3 is 15.2 Å². The van der Waals surface area contributed by atoms with Gasteiger partial charge in [0, 0.05) is 0 Å². The molecular formula is C16H31NO2. The molecule has 0 heterocycles. The van der Waals surface area contributed by atoms with E-state index in [0.29, 0.717) is 18.6 Å². The van der Waals surface area contributed by atoms with Crippen LogP contribution in [0.15, 0.2) is 0 Å². The lowest BCUT2D eigenvalue weighted by molar-refractivity contribution is -0.0358. The van der Waals surface area contributed by atoms with Gasteiger partial charge in [-0.1, -0.05) is 13.8 Å². The number of nitrogens with one attached hydrogen (secondary N) is 1. The predicted octanol–water partition coefficient (Wildman–Crippen LogP) is 2.72. The van der Waals surface area contributed by atoms with Gasteiger partial charge in [-0.05, 0) is 63.3 Å². The average molecular weight is 269 g/mol. The molecule has 0 aromatic carbocycles. The molecule has 2 saturated carbocycles. The Labute approximate surface area is 118 Å². The van der Waals surface area contributed by atoms with Gasteiger partial charge in [0.2, 0.25) is 0 Å². The van der Waals surface area contributed by atoms with Crippen molar-refractivity contribution in [3.63, 3.8) is 0 Å². The van der Waals surface area contributed by atoms with Crippen LogP contribution in [0.4, 0.5) is 0 Å². The second-order valence-corrected chi connectivity index (χ2v) is 6.71. The fraction of sp³-hybridized carbons (Fsp3) is 1.00. The molecule has 0 radical (unpaired) electrons. The summed E-state index contributed by atoms with van der Waals surface area (Å²) in [6.07, 6.45) is 8.98. The molecule has 0 saturated heterocycles. The van der Waals surface area contributed by atoms with Crippen molar-refractivity contribution in [1.82, 2.24) is 5.32 Å². The van der Waals surface area contributed by atoms with Crippen molar-refractivity contribution in [1.29, 1.82) is 0 Å². The molecule has 0 bridgehead atoms. The maximum atomic E-state index is 9.84. The van der Waals surface area contributed by atoms with Crippen LogP contribution < -0.4 is 5.32 Å². The van der Waals surface area contributed by atoms with Crippen molar-refractivity contribution in [2.75, 3.05) is 19.8 Å². The summed E-state index contributed by atoms with van der Waals surface area (Å²) in [5, 5.41) is 13.4. The first-order valence-corrected chi connectivity index (χ1v) is 8.17. The highest BCUT2D eigenvalue weighted by atomic mass is 16.5. The van der Waals surface area contributed by atoms with Gasteiger partial charge in [-0.15, -0.1) is 0 Å². The van der Waals surface area contributed by atoms with E-state index >= 15 is 0 Å². The molecule has 112 valence electrons. The summed E-state index contributed by atoms with van der Waals surface area (Å²) in [7, 11) is 0. The Morgan fingerprint density at radius 3 is 2.37 bits per heavy atom. The van der Waals surface area contributed by atoms with Crippen molar-refractivity contribution in [3.8, 4) is 0 Å². The monoisotopic (exact) mass is 269 g/mol. The van der Waals surface area contributed by atoms with E-state index < -0.39 is 0 Å². The van der Waals surface area contributed by atoms with Crippen LogP contribution in [-0.4, -0.2) is 36.5 Å². The molecule has 19 heavy (non-hydrogen) atoms. The largest absolute Gasteiger partial charge is 0.394 e. The molecule has 0 spiro atoms. The molecule has 2 rings (SSSR count). The fourth-order valence-electron chi connectivity index (χ4n) is 3.22. The maximum Gasteiger partial charge on any atom is 0.0679 e. The molecule has 2 aliphatic carbocycles. The highest BCUT2D eigenvalue weighted by Crippen LogP contribution is 2.40. The van der Waals surface area contributed by atoms with Gasteiger partial charge in [0.25, 0.3) is 0 Å². The first-order chi connectivity index (χ1) is 9.20. The van der Waals surface area contributed by atoms with Crippen molar-refractivity contribution in [2.45, 2.75) is 70.4 Å². The van der Waals surface area contributed by atoms with Crippen LogP contribution in [0, 0.1) is 11.8 Å². The van der Waals surface area contributed by atoms with Crippen molar-refractivity contribution < 1.29 is 9.84 Å². The quantitative estimate of drug-likeness (QED) is 0.712. The molecule has 2 fully saturated rings. The topological polar surface area (TPSA) is 41.5 Å². The molecule has 0 aliphatic heterocycles. The Hall–Kier alpha value is -0.120. The van der Waals surface area contributed by atoms with E-state index in [9.17, 15) is 5.11 Å². The van der Waals surface area contributed by atoms with E-state index in [0.717, 1.165) is 18.9 Å². The highest BCUT2D eigenvalue weighted by Gasteiger charge is 2.45. The zero-order valence-electron chi connectivity index (χ0n) is 12.7. The van der Waals surface area contributed by atoms with E-state index in [1.807, 2.05) is 0 Å². The molecule has 2 aliphatic rings. The van der Waals surface area contributed by atoms with E-state index in [1.165, 1.54) is 38.5 Å². The van der Waals surface area contributed by atoms with Crippen molar-refractivity contribution in [3.05, 3.63) is 0 Å². The van der Waals surface area contributed by atoms with E-state index in [1.54, 1.807) is 0 Å². The zero-order chi connectivity index (χ0) is 13.7. The summed E-state index contributed by atoms with van der Waals surface area (Å²) in [6, 6.07) is 0. The van der Waals surface area contributed by atoms with Crippen LogP contribution in [0.2, 0.25) is 0 Å². The summed E-state index contributed by atoms with van der Waals surface area (Å²) in [5.74, 6) is 1.48. The Bertz CT molecular complexity index is 259. The number of hydrogen-bond acceptors (Lipinski definition) is 3. The Morgan fingerprint density at radius 1 is 1.16 bits per heavy atom. The molecule has 0 amide bonds. The Balaban J connectivity index is 1.82. The lowest BCUT2D eigenvalue weighted by Crippen LogP contribution is -2.55. The van der Waals surface area contributed by atoms with Crippen LogP contribution in [0.25, 0.3) is 0 Å². The predicted molar refractivity (Wildman–Crippen MR) is 78.2 cm³/mol. The standard InChI is InChI=1S/C16H31NO2/c1-3-10-17-16(11-18,14-6-7-14)12-19-15-8-4-13(2)5-9-15/h13-15,17-18H,3-12H2,1-2H3. The Morgan fingerprint density at radius 2 is 1.84 bits per heavy atom. The minimum atomic E-state index is -0.168. The minimum Gasteiger partial charge on any atom is -0.394 e. The third-order valence-corrected chi connectivity index (χ3v) is 4.91. The second kappa shape index (κ2) is 7.05. The molecule has 0 aromatic heterocycles. The number of aliphatic hydroxyl groups is 1. The van der Waals surface area contributed by atoms with E-state index in [4.69, 9.17) is 4.74 Å². The smallest absolute Gasteiger partial charge is 0.0679 e. The lowest BCUT2D eigenvalue weighted by atomic mass is 9.88. The van der Waals surface area contributed by atoms with E-state index in [2.05, 4.69) is 19.2 Å². The van der Waals surface area contributed by atoms with Gasteiger partial charge in [-0.25, -0.2) is 0 Å². The zero-order valence-corrected chi connectivity index (χ0v) is 12.7. The molecular weight excluding hydrogens is 238 g/mol. The number of aliphatic hydroxyl groups excluding tert-OH is 1. The van der Waals surface area contributed by atoms with Gasteiger partial charge in [-0.3, -0.25) is 0 Å². The summed E-state index contributed by atoms with van der Waals surface area (Å²) < 4.78 is 6.16. The van der Waals surface area contributed by atoms with Gasteiger partial charge in [0.15, 0.2) is 0 Å². The average Bonchev–Trinajstić information content (AvgIpc) is 3.26. The van der Waals surface area contributed by atoms with E-state index in [-0.39, 0.29) is 12.1 Å². The molecule has 0 aromatic rings. The first-order valence-electron chi connectivity index (χ1n) is 8.17. The van der Waals surface area contributed by atoms with Crippen LogP contribution in [0.5, 0.6) is 0 Å². The third-order valence-electron chi connectivity index (χ3n) is 4.91. The molecule has 3 heteroatoms. The summed E-state index contributed by atoms with van der Waals surface area (Å²) >= 11 is 0. The normalized spacial score (nSPS) is 31.1. The SMILES string of the molecule is CCCNC(CO)(COC1CCC(C)CC1)C1CC1. The minimum absolute atomic E-state index is 0.168. The molecule has 2 N–H and O–H groups in total. The number of hydrogen-bond donors (Lipinski definition) is 2. The third kappa shape index (κ3) is 4.17. The summed E-state index contributed by atoms with van der Waals surface area (Å²) in [4.78, 5) is 0. The molecule has 1 unspecified atom stereocenters. The Kier molecular flexibility index (Phi) is 5.67. The first kappa shape index (κ1) is 15.3. The van der Waals surface area contributed by atoms with Crippen molar-refractivity contribution in [2.24, 2.45) is 11.8 Å². The highest BCUT2D eigenvalue weighted by molar-refractivity contribution is 5.01. The van der Waals surface area contributed by atoms with Crippen LogP contribution in [0.1, 0.15) is 58.8 Å².